The van der Waals surface area contributed by atoms with Crippen LogP contribution in [-0.2, 0) is 0 Å². The van der Waals surface area contributed by atoms with Crippen LogP contribution >= 0.6 is 27.7 Å². The maximum Gasteiger partial charge on any atom is 0.265 e. The summed E-state index contributed by atoms with van der Waals surface area (Å²) in [5.41, 5.74) is -0.122. The Labute approximate surface area is 83.1 Å². The van der Waals surface area contributed by atoms with Crippen LogP contribution in [0, 0.1) is 0 Å². The molecule has 0 saturated carbocycles. The number of halogens is 1. The normalized spacial score (nSPS) is 10.2. The first kappa shape index (κ1) is 9.80. The monoisotopic (exact) mass is 248 g/mol. The molecule has 0 amide bonds. The number of thioether (sulfide) groups is 1. The molecule has 0 saturated heterocycles. The van der Waals surface area contributed by atoms with E-state index in [0.29, 0.717) is 9.63 Å². The lowest BCUT2D eigenvalue weighted by Gasteiger charge is -1.97. The highest BCUT2D eigenvalue weighted by Gasteiger charge is 1.98. The molecular weight excluding hydrogens is 240 g/mol. The molecule has 0 atom stereocenters. The molecule has 1 aromatic heterocycles. The molecule has 0 bridgehead atoms. The molecule has 1 heterocycles. The molecule has 0 spiro atoms. The molecule has 0 aliphatic carbocycles. The van der Waals surface area contributed by atoms with Crippen molar-refractivity contribution in [2.24, 2.45) is 0 Å². The van der Waals surface area contributed by atoms with Gasteiger partial charge < -0.3 is 4.98 Å². The molecule has 5 heteroatoms. The van der Waals surface area contributed by atoms with Gasteiger partial charge in [0, 0.05) is 11.9 Å². The van der Waals surface area contributed by atoms with E-state index in [0.717, 1.165) is 12.2 Å². The van der Waals surface area contributed by atoms with Crippen molar-refractivity contribution in [1.82, 2.24) is 9.97 Å². The number of aromatic nitrogens is 2. The first-order valence-electron chi connectivity index (χ1n) is 3.61. The summed E-state index contributed by atoms with van der Waals surface area (Å²) in [4.78, 5) is 17.7. The highest BCUT2D eigenvalue weighted by atomic mass is 79.9. The van der Waals surface area contributed by atoms with Gasteiger partial charge in [0.25, 0.3) is 5.56 Å². The van der Waals surface area contributed by atoms with E-state index in [1.165, 1.54) is 6.20 Å². The Balaban J connectivity index is 2.76. The van der Waals surface area contributed by atoms with Crippen LogP contribution in [-0.4, -0.2) is 15.7 Å². The van der Waals surface area contributed by atoms with Crippen molar-refractivity contribution in [3.8, 4) is 0 Å². The molecule has 1 N–H and O–H groups in total. The molecule has 1 rings (SSSR count). The highest BCUT2D eigenvalue weighted by molar-refractivity contribution is 9.10. The van der Waals surface area contributed by atoms with Gasteiger partial charge in [-0.15, -0.1) is 0 Å². The molecule has 0 aliphatic heterocycles. The van der Waals surface area contributed by atoms with Crippen LogP contribution in [0.2, 0.25) is 0 Å². The van der Waals surface area contributed by atoms with Crippen LogP contribution in [0.5, 0.6) is 0 Å². The topological polar surface area (TPSA) is 45.8 Å². The Morgan fingerprint density at radius 3 is 3.08 bits per heavy atom. The van der Waals surface area contributed by atoms with E-state index in [1.54, 1.807) is 11.8 Å². The van der Waals surface area contributed by atoms with E-state index >= 15 is 0 Å². The van der Waals surface area contributed by atoms with Crippen LogP contribution in [0.3, 0.4) is 0 Å². The third-order valence-corrected chi connectivity index (χ3v) is 2.83. The molecular formula is C7H9BrN2OS. The molecule has 0 fully saturated rings. The van der Waals surface area contributed by atoms with Crippen molar-refractivity contribution in [2.45, 2.75) is 18.5 Å². The van der Waals surface area contributed by atoms with E-state index in [1.807, 2.05) is 0 Å². The molecule has 0 aliphatic rings. The van der Waals surface area contributed by atoms with Crippen LogP contribution < -0.4 is 5.56 Å². The van der Waals surface area contributed by atoms with Crippen LogP contribution in [0.4, 0.5) is 0 Å². The second-order valence-corrected chi connectivity index (χ2v) is 4.15. The summed E-state index contributed by atoms with van der Waals surface area (Å²) >= 11 is 4.64. The lowest BCUT2D eigenvalue weighted by molar-refractivity contribution is 0.923. The number of nitrogens with zero attached hydrogens (tertiary/aromatic N) is 1. The number of nitrogens with one attached hydrogen (secondary N) is 1. The lowest BCUT2D eigenvalue weighted by atomic mass is 10.6. The Hall–Kier alpha value is -0.290. The second kappa shape index (κ2) is 4.67. The number of aromatic amines is 1. The third-order valence-electron chi connectivity index (χ3n) is 1.18. The first-order chi connectivity index (χ1) is 5.74. The zero-order valence-electron chi connectivity index (χ0n) is 6.63. The van der Waals surface area contributed by atoms with Gasteiger partial charge in [0.1, 0.15) is 4.47 Å². The molecule has 1 aromatic rings. The van der Waals surface area contributed by atoms with E-state index in [-0.39, 0.29) is 5.56 Å². The van der Waals surface area contributed by atoms with Crippen LogP contribution in [0.1, 0.15) is 13.3 Å². The summed E-state index contributed by atoms with van der Waals surface area (Å²) in [5, 5.41) is 0.685. The van der Waals surface area contributed by atoms with E-state index in [4.69, 9.17) is 0 Å². The van der Waals surface area contributed by atoms with Crippen molar-refractivity contribution in [3.63, 3.8) is 0 Å². The summed E-state index contributed by atoms with van der Waals surface area (Å²) in [7, 11) is 0. The minimum absolute atomic E-state index is 0.122. The van der Waals surface area contributed by atoms with Gasteiger partial charge in [-0.2, -0.15) is 0 Å². The van der Waals surface area contributed by atoms with E-state index in [9.17, 15) is 4.79 Å². The average Bonchev–Trinajstić information content (AvgIpc) is 2.07. The quantitative estimate of drug-likeness (QED) is 0.658. The number of hydrogen-bond donors (Lipinski definition) is 1. The van der Waals surface area contributed by atoms with Crippen molar-refractivity contribution in [2.75, 3.05) is 5.75 Å². The fraction of sp³-hybridized carbons (Fsp3) is 0.429. The van der Waals surface area contributed by atoms with Gasteiger partial charge in [-0.1, -0.05) is 18.7 Å². The molecule has 66 valence electrons. The van der Waals surface area contributed by atoms with Gasteiger partial charge in [-0.25, -0.2) is 4.98 Å². The van der Waals surface area contributed by atoms with E-state index in [2.05, 4.69) is 32.8 Å². The van der Waals surface area contributed by atoms with Crippen LogP contribution in [0.15, 0.2) is 20.6 Å². The largest absolute Gasteiger partial charge is 0.301 e. The Kier molecular flexibility index (Phi) is 3.81. The van der Waals surface area contributed by atoms with Crippen molar-refractivity contribution in [1.29, 1.82) is 0 Å². The molecule has 0 radical (unpaired) electrons. The third kappa shape index (κ3) is 2.64. The first-order valence-corrected chi connectivity index (χ1v) is 5.39. The van der Waals surface area contributed by atoms with Crippen molar-refractivity contribution < 1.29 is 0 Å². The summed E-state index contributed by atoms with van der Waals surface area (Å²) < 4.78 is 0.475. The predicted molar refractivity (Wildman–Crippen MR) is 53.6 cm³/mol. The van der Waals surface area contributed by atoms with Gasteiger partial charge >= 0.3 is 0 Å². The summed E-state index contributed by atoms with van der Waals surface area (Å²) in [5.74, 6) is 0.977. The van der Waals surface area contributed by atoms with Crippen molar-refractivity contribution >= 4 is 27.7 Å². The van der Waals surface area contributed by atoms with Gasteiger partial charge in [0.05, 0.1) is 0 Å². The number of hydrogen-bond acceptors (Lipinski definition) is 3. The average molecular weight is 249 g/mol. The maximum absolute atomic E-state index is 11.0. The van der Waals surface area contributed by atoms with Gasteiger partial charge in [-0.3, -0.25) is 4.79 Å². The summed E-state index contributed by atoms with van der Waals surface area (Å²) in [6.45, 7) is 2.09. The second-order valence-electron chi connectivity index (χ2n) is 2.21. The molecule has 3 nitrogen and oxygen atoms in total. The smallest absolute Gasteiger partial charge is 0.265 e. The van der Waals surface area contributed by atoms with Gasteiger partial charge in [0.15, 0.2) is 5.16 Å². The Morgan fingerprint density at radius 1 is 1.75 bits per heavy atom. The van der Waals surface area contributed by atoms with Crippen molar-refractivity contribution in [3.05, 3.63) is 21.0 Å². The minimum atomic E-state index is -0.122. The van der Waals surface area contributed by atoms with Gasteiger partial charge in [0.2, 0.25) is 0 Å². The SMILES string of the molecule is CCCSc1ncc(Br)c(=O)[nH]1. The fourth-order valence-electron chi connectivity index (χ4n) is 0.635. The number of H-pyrrole nitrogens is 1. The van der Waals surface area contributed by atoms with E-state index < -0.39 is 0 Å². The zero-order valence-corrected chi connectivity index (χ0v) is 9.04. The van der Waals surface area contributed by atoms with Crippen LogP contribution in [0.25, 0.3) is 0 Å². The Bertz CT molecular complexity index is 313. The zero-order chi connectivity index (χ0) is 8.97. The van der Waals surface area contributed by atoms with Gasteiger partial charge in [-0.05, 0) is 22.4 Å². The Morgan fingerprint density at radius 2 is 2.50 bits per heavy atom. The fourth-order valence-corrected chi connectivity index (χ4v) is 1.53. The highest BCUT2D eigenvalue weighted by Crippen LogP contribution is 2.12. The maximum atomic E-state index is 11.0. The number of rotatable bonds is 3. The summed E-state index contributed by atoms with van der Waals surface area (Å²) in [6, 6.07) is 0. The minimum Gasteiger partial charge on any atom is -0.301 e. The summed E-state index contributed by atoms with van der Waals surface area (Å²) in [6.07, 6.45) is 2.60. The lowest BCUT2D eigenvalue weighted by Crippen LogP contribution is -2.08. The molecule has 12 heavy (non-hydrogen) atoms. The predicted octanol–water partition coefficient (Wildman–Crippen LogP) is 2.03. The standard InChI is InChI=1S/C7H9BrN2OS/c1-2-3-12-7-9-4-5(8)6(11)10-7/h4H,2-3H2,1H3,(H,9,10,11). The molecule has 0 aromatic carbocycles. The molecule has 0 unspecified atom stereocenters.